The minimum absolute atomic E-state index is 0. The summed E-state index contributed by atoms with van der Waals surface area (Å²) in [4.78, 5) is 19.5. The molecule has 4 aromatic rings. The topological polar surface area (TPSA) is 110 Å². The quantitative estimate of drug-likeness (QED) is 0.317. The molecule has 1 heterocycles. The van der Waals surface area contributed by atoms with Crippen LogP contribution in [0.4, 0.5) is 0 Å². The molecule has 1 aromatic heterocycles. The van der Waals surface area contributed by atoms with Crippen molar-refractivity contribution in [2.24, 2.45) is 0 Å². The molecule has 0 aliphatic carbocycles. The third-order valence-corrected chi connectivity index (χ3v) is 6.94. The number of ether oxygens (including phenoxy) is 1. The van der Waals surface area contributed by atoms with E-state index in [2.05, 4.69) is 9.97 Å². The first-order valence-corrected chi connectivity index (χ1v) is 12.2. The largest absolute Gasteiger partial charge is 1.00 e. The van der Waals surface area contributed by atoms with Gasteiger partial charge >= 0.3 is 35.5 Å². The molecule has 3 aromatic carbocycles. The first kappa shape index (κ1) is 27.5. The van der Waals surface area contributed by atoms with E-state index in [9.17, 15) is 13.2 Å². The summed E-state index contributed by atoms with van der Waals surface area (Å²) in [7, 11) is -3.82. The number of carbonyl (C=O) groups is 1. The van der Waals surface area contributed by atoms with Gasteiger partial charge in [-0.15, -0.1) is 0 Å². The molecule has 0 atom stereocenters. The van der Waals surface area contributed by atoms with E-state index >= 15 is 0 Å². The molecule has 0 saturated carbocycles. The predicted molar refractivity (Wildman–Crippen MR) is 131 cm³/mol. The second-order valence-corrected chi connectivity index (χ2v) is 9.62. The molecule has 36 heavy (non-hydrogen) atoms. The fourth-order valence-electron chi connectivity index (χ4n) is 3.46. The van der Waals surface area contributed by atoms with Crippen molar-refractivity contribution in [3.63, 3.8) is 0 Å². The van der Waals surface area contributed by atoms with Gasteiger partial charge < -0.3 is 11.3 Å². The smallest absolute Gasteiger partial charge is 1.00 e. The average molecular weight is 514 g/mol. The van der Waals surface area contributed by atoms with Crippen molar-refractivity contribution in [3.05, 3.63) is 108 Å². The second-order valence-electron chi connectivity index (χ2n) is 7.69. The Kier molecular flexibility index (Phi) is 9.74. The van der Waals surface area contributed by atoms with Gasteiger partial charge in [0, 0.05) is 31.0 Å². The van der Waals surface area contributed by atoms with Crippen LogP contribution in [0.25, 0.3) is 11.4 Å². The molecule has 180 valence electrons. The van der Waals surface area contributed by atoms with Gasteiger partial charge in [0.15, 0.2) is 12.4 Å². The summed E-state index contributed by atoms with van der Waals surface area (Å²) in [6.07, 6.45) is 3.33. The van der Waals surface area contributed by atoms with E-state index in [-0.39, 0.29) is 49.0 Å². The van der Waals surface area contributed by atoms with Gasteiger partial charge in [0.2, 0.25) is 10.0 Å². The molecular weight excluding hydrogens is 489 g/mol. The third-order valence-electron chi connectivity index (χ3n) is 5.14. The molecule has 0 saturated heterocycles. The van der Waals surface area contributed by atoms with Crippen molar-refractivity contribution in [3.8, 4) is 17.1 Å². The molecule has 0 bridgehead atoms. The van der Waals surface area contributed by atoms with Gasteiger partial charge in [-0.1, -0.05) is 54.6 Å². The number of hydrogen-bond acceptors (Lipinski definition) is 6. The molecule has 4 rings (SSSR count). The number of carboxylic acid groups (broad SMARTS) is 1. The molecule has 0 amide bonds. The van der Waals surface area contributed by atoms with Crippen LogP contribution in [0.3, 0.4) is 0 Å². The van der Waals surface area contributed by atoms with Crippen LogP contribution in [-0.4, -0.2) is 40.4 Å². The van der Waals surface area contributed by atoms with Gasteiger partial charge in [-0.25, -0.2) is 23.2 Å². The van der Waals surface area contributed by atoms with Crippen LogP contribution in [0, 0.1) is 0 Å². The molecule has 0 spiro atoms. The second kappa shape index (κ2) is 12.8. The molecule has 0 aliphatic heterocycles. The first-order chi connectivity index (χ1) is 16.9. The summed E-state index contributed by atoms with van der Waals surface area (Å²) in [5.74, 6) is -0.145. The van der Waals surface area contributed by atoms with Crippen LogP contribution in [0.5, 0.6) is 5.75 Å². The molecular formula is C26H24N3NaO5S. The minimum atomic E-state index is -3.82. The number of hydrogen-bond donors (Lipinski definition) is 1. The van der Waals surface area contributed by atoms with E-state index in [0.29, 0.717) is 17.1 Å². The Bertz CT molecular complexity index is 1390. The van der Waals surface area contributed by atoms with Crippen LogP contribution < -0.4 is 34.3 Å². The fourth-order valence-corrected chi connectivity index (χ4v) is 4.90. The predicted octanol–water partition coefficient (Wildman–Crippen LogP) is 1.11. The van der Waals surface area contributed by atoms with Crippen molar-refractivity contribution in [1.29, 1.82) is 0 Å². The normalized spacial score (nSPS) is 11.0. The Morgan fingerprint density at radius 1 is 0.861 bits per heavy atom. The summed E-state index contributed by atoms with van der Waals surface area (Å²) >= 11 is 0. The van der Waals surface area contributed by atoms with E-state index in [1.165, 1.54) is 4.31 Å². The number of rotatable bonds is 10. The SMILES string of the molecule is O=C(O)COc1cccc(CN(Cc2ccc(-c3ncccn3)cc2)S(=O)(=O)c2ccccc2)c1.[H-].[Na+]. The first-order valence-electron chi connectivity index (χ1n) is 10.8. The molecule has 0 unspecified atom stereocenters. The summed E-state index contributed by atoms with van der Waals surface area (Å²) in [5.41, 5.74) is 2.29. The van der Waals surface area contributed by atoms with E-state index in [1.807, 2.05) is 24.3 Å². The third kappa shape index (κ3) is 7.22. The van der Waals surface area contributed by atoms with Crippen molar-refractivity contribution >= 4 is 16.0 Å². The van der Waals surface area contributed by atoms with E-state index in [4.69, 9.17) is 9.84 Å². The van der Waals surface area contributed by atoms with E-state index in [1.54, 1.807) is 73.1 Å². The molecule has 0 fully saturated rings. The Hall–Kier alpha value is -3.08. The molecule has 0 radical (unpaired) electrons. The van der Waals surface area contributed by atoms with Crippen LogP contribution >= 0.6 is 0 Å². The monoisotopic (exact) mass is 513 g/mol. The number of aromatic nitrogens is 2. The van der Waals surface area contributed by atoms with E-state index in [0.717, 1.165) is 11.1 Å². The Morgan fingerprint density at radius 3 is 2.19 bits per heavy atom. The van der Waals surface area contributed by atoms with Gasteiger partial charge in [-0.2, -0.15) is 4.31 Å². The van der Waals surface area contributed by atoms with Crippen molar-refractivity contribution in [2.75, 3.05) is 6.61 Å². The van der Waals surface area contributed by atoms with Gasteiger partial charge in [-0.05, 0) is 41.5 Å². The van der Waals surface area contributed by atoms with Crippen LogP contribution in [0.15, 0.2) is 102 Å². The van der Waals surface area contributed by atoms with Crippen molar-refractivity contribution < 1.29 is 54.0 Å². The van der Waals surface area contributed by atoms with Gasteiger partial charge in [-0.3, -0.25) is 0 Å². The summed E-state index contributed by atoms with van der Waals surface area (Å²) < 4.78 is 33.7. The average Bonchev–Trinajstić information content (AvgIpc) is 2.89. The van der Waals surface area contributed by atoms with Crippen LogP contribution in [0.2, 0.25) is 0 Å². The number of nitrogens with zero attached hydrogens (tertiary/aromatic N) is 3. The maximum atomic E-state index is 13.5. The Morgan fingerprint density at radius 2 is 1.53 bits per heavy atom. The number of benzene rings is 3. The van der Waals surface area contributed by atoms with Gasteiger partial charge in [0.25, 0.3) is 0 Å². The molecule has 0 aliphatic rings. The molecule has 10 heteroatoms. The zero-order valence-electron chi connectivity index (χ0n) is 20.7. The Labute approximate surface area is 233 Å². The summed E-state index contributed by atoms with van der Waals surface area (Å²) in [6.45, 7) is -0.272. The number of carboxylic acids is 1. The number of sulfonamides is 1. The standard InChI is InChI=1S/C26H23N3O5S.Na.H/c30-25(31)19-34-23-7-4-6-21(16-23)18-29(35(32,33)24-8-2-1-3-9-24)17-20-10-12-22(13-11-20)26-27-14-5-15-28-26;;/h1-16H,17-19H2,(H,30,31);;/q;+1;-1. The zero-order valence-corrected chi connectivity index (χ0v) is 22.5. The van der Waals surface area contributed by atoms with Crippen molar-refractivity contribution in [2.45, 2.75) is 18.0 Å². The Balaban J connectivity index is 0.00000241. The maximum Gasteiger partial charge on any atom is 1.00 e. The molecule has 8 nitrogen and oxygen atoms in total. The van der Waals surface area contributed by atoms with Crippen molar-refractivity contribution in [1.82, 2.24) is 14.3 Å². The van der Waals surface area contributed by atoms with E-state index < -0.39 is 22.6 Å². The summed E-state index contributed by atoms with van der Waals surface area (Å²) in [6, 6.07) is 24.2. The minimum Gasteiger partial charge on any atom is -1.00 e. The van der Waals surface area contributed by atoms with Crippen LogP contribution in [0.1, 0.15) is 12.6 Å². The fraction of sp³-hybridized carbons (Fsp3) is 0.115. The summed E-state index contributed by atoms with van der Waals surface area (Å²) in [5, 5.41) is 8.86. The maximum absolute atomic E-state index is 13.5. The zero-order chi connectivity index (χ0) is 24.7. The van der Waals surface area contributed by atoms with Crippen LogP contribution in [-0.2, 0) is 27.9 Å². The van der Waals surface area contributed by atoms with Gasteiger partial charge in [0.05, 0.1) is 4.90 Å². The molecule has 1 N–H and O–H groups in total. The van der Waals surface area contributed by atoms with Gasteiger partial charge in [0.1, 0.15) is 5.75 Å². The number of aliphatic carboxylic acids is 1.